The van der Waals surface area contributed by atoms with Gasteiger partial charge >= 0.3 is 5.97 Å². The van der Waals surface area contributed by atoms with E-state index in [4.69, 9.17) is 9.47 Å². The van der Waals surface area contributed by atoms with Gasteiger partial charge < -0.3 is 14.6 Å². The first kappa shape index (κ1) is 18.8. The van der Waals surface area contributed by atoms with E-state index in [-0.39, 0.29) is 35.1 Å². The van der Waals surface area contributed by atoms with Crippen LogP contribution in [0.15, 0.2) is 0 Å². The Hall–Kier alpha value is -0.940. The normalized spacial score (nSPS) is 45.5. The number of hydrogen-bond donors (Lipinski definition) is 1. The standard InChI is InChI=1S/C20H32O5/c1-13(21)11-14-16-17(2,3)7-6-8-19(16,5)20(24-14)10-9-18(4,25-20)12-15(22)23/h14,16H,6-12H2,1-5H3,(H,22,23)/t14-,16+,18+,19+,20?/m1/s1. The molecule has 5 heteroatoms. The predicted octanol–water partition coefficient (Wildman–Crippen LogP) is 3.94. The Kier molecular flexibility index (Phi) is 4.36. The monoisotopic (exact) mass is 352 g/mol. The summed E-state index contributed by atoms with van der Waals surface area (Å²) in [6.07, 6.45) is 4.85. The van der Waals surface area contributed by atoms with Crippen molar-refractivity contribution in [2.24, 2.45) is 16.7 Å². The number of fused-ring (bicyclic) bond motifs is 2. The average Bonchev–Trinajstić information content (AvgIpc) is 2.85. The van der Waals surface area contributed by atoms with Crippen LogP contribution in [0.25, 0.3) is 0 Å². The first-order valence-electron chi connectivity index (χ1n) is 9.52. The minimum atomic E-state index is -0.844. The molecule has 25 heavy (non-hydrogen) atoms. The highest BCUT2D eigenvalue weighted by atomic mass is 16.7. The van der Waals surface area contributed by atoms with Crippen molar-refractivity contribution in [3.8, 4) is 0 Å². The van der Waals surface area contributed by atoms with Crippen LogP contribution in [0.5, 0.6) is 0 Å². The van der Waals surface area contributed by atoms with Gasteiger partial charge in [0.2, 0.25) is 0 Å². The van der Waals surface area contributed by atoms with Crippen LogP contribution in [0.1, 0.15) is 79.6 Å². The van der Waals surface area contributed by atoms with E-state index in [1.807, 2.05) is 6.92 Å². The fourth-order valence-electron chi connectivity index (χ4n) is 6.17. The van der Waals surface area contributed by atoms with Gasteiger partial charge in [-0.25, -0.2) is 0 Å². The number of carboxylic acids is 1. The summed E-state index contributed by atoms with van der Waals surface area (Å²) in [5, 5.41) is 9.26. The van der Waals surface area contributed by atoms with Crippen LogP contribution in [0.3, 0.4) is 0 Å². The molecule has 0 amide bonds. The highest BCUT2D eigenvalue weighted by molar-refractivity contribution is 5.76. The fourth-order valence-corrected chi connectivity index (χ4v) is 6.17. The molecule has 0 radical (unpaired) electrons. The molecule has 1 aliphatic carbocycles. The molecule has 142 valence electrons. The molecule has 2 aliphatic heterocycles. The molecule has 3 aliphatic rings. The van der Waals surface area contributed by atoms with Gasteiger partial charge in [0.1, 0.15) is 5.78 Å². The van der Waals surface area contributed by atoms with Crippen LogP contribution in [0.4, 0.5) is 0 Å². The van der Waals surface area contributed by atoms with Gasteiger partial charge in [-0.15, -0.1) is 0 Å². The second kappa shape index (κ2) is 5.78. The fraction of sp³-hybridized carbons (Fsp3) is 0.900. The Morgan fingerprint density at radius 1 is 1.08 bits per heavy atom. The molecule has 0 aromatic heterocycles. The van der Waals surface area contributed by atoms with Gasteiger partial charge in [-0.3, -0.25) is 9.59 Å². The molecule has 0 aromatic rings. The number of ketones is 1. The molecule has 1 N–H and O–H groups in total. The number of carbonyl (C=O) groups is 2. The smallest absolute Gasteiger partial charge is 0.306 e. The van der Waals surface area contributed by atoms with E-state index in [0.29, 0.717) is 19.3 Å². The van der Waals surface area contributed by atoms with Crippen LogP contribution in [0, 0.1) is 16.7 Å². The van der Waals surface area contributed by atoms with Crippen LogP contribution >= 0.6 is 0 Å². The van der Waals surface area contributed by atoms with Gasteiger partial charge in [-0.05, 0) is 38.5 Å². The molecule has 0 aromatic carbocycles. The SMILES string of the molecule is CC(=O)C[C@H]1OC2(CC[C@@](C)(CC(=O)O)O2)[C@@]2(C)CCCC(C)(C)[C@H]12. The molecule has 5 atom stereocenters. The summed E-state index contributed by atoms with van der Waals surface area (Å²) in [4.78, 5) is 23.1. The van der Waals surface area contributed by atoms with Gasteiger partial charge in [0.25, 0.3) is 0 Å². The van der Waals surface area contributed by atoms with Gasteiger partial charge in [0.05, 0.1) is 18.1 Å². The van der Waals surface area contributed by atoms with Gasteiger partial charge in [0, 0.05) is 24.2 Å². The second-order valence-corrected chi connectivity index (χ2v) is 9.68. The molecule has 3 fully saturated rings. The largest absolute Gasteiger partial charge is 0.481 e. The number of carboxylic acid groups (broad SMARTS) is 1. The first-order chi connectivity index (χ1) is 11.4. The highest BCUT2D eigenvalue weighted by Crippen LogP contribution is 2.68. The molecular formula is C20H32O5. The van der Waals surface area contributed by atoms with E-state index in [1.54, 1.807) is 6.92 Å². The molecular weight excluding hydrogens is 320 g/mol. The summed E-state index contributed by atoms with van der Waals surface area (Å²) >= 11 is 0. The van der Waals surface area contributed by atoms with Crippen molar-refractivity contribution >= 4 is 11.8 Å². The van der Waals surface area contributed by atoms with E-state index < -0.39 is 17.4 Å². The van der Waals surface area contributed by atoms with Crippen molar-refractivity contribution in [3.63, 3.8) is 0 Å². The Labute approximate surface area is 150 Å². The molecule has 3 rings (SSSR count). The maximum absolute atomic E-state index is 11.9. The van der Waals surface area contributed by atoms with Crippen LogP contribution in [0.2, 0.25) is 0 Å². The van der Waals surface area contributed by atoms with Gasteiger partial charge in [0.15, 0.2) is 5.79 Å². The minimum absolute atomic E-state index is 0.0143. The van der Waals surface area contributed by atoms with Crippen molar-refractivity contribution in [1.29, 1.82) is 0 Å². The third-order valence-corrected chi connectivity index (χ3v) is 7.04. The zero-order valence-electron chi connectivity index (χ0n) is 16.2. The summed E-state index contributed by atoms with van der Waals surface area (Å²) < 4.78 is 13.0. The van der Waals surface area contributed by atoms with Crippen molar-refractivity contribution in [2.45, 2.75) is 97.1 Å². The Morgan fingerprint density at radius 3 is 2.36 bits per heavy atom. The van der Waals surface area contributed by atoms with Crippen molar-refractivity contribution in [2.75, 3.05) is 0 Å². The zero-order valence-corrected chi connectivity index (χ0v) is 16.2. The summed E-state index contributed by atoms with van der Waals surface area (Å²) in [6.45, 7) is 10.3. The Bertz CT molecular complexity index is 585. The van der Waals surface area contributed by atoms with Crippen LogP contribution < -0.4 is 0 Å². The quantitative estimate of drug-likeness (QED) is 0.830. The van der Waals surface area contributed by atoms with Crippen LogP contribution in [-0.4, -0.2) is 34.4 Å². The average molecular weight is 352 g/mol. The summed E-state index contributed by atoms with van der Waals surface area (Å²) in [5.41, 5.74) is -0.816. The molecule has 0 bridgehead atoms. The second-order valence-electron chi connectivity index (χ2n) is 9.68. The third kappa shape index (κ3) is 2.93. The minimum Gasteiger partial charge on any atom is -0.481 e. The topological polar surface area (TPSA) is 72.8 Å². The molecule has 2 saturated heterocycles. The number of rotatable bonds is 4. The van der Waals surface area contributed by atoms with Gasteiger partial charge in [-0.2, -0.15) is 0 Å². The maximum Gasteiger partial charge on any atom is 0.306 e. The van der Waals surface area contributed by atoms with E-state index in [0.717, 1.165) is 19.3 Å². The third-order valence-electron chi connectivity index (χ3n) is 7.04. The summed E-state index contributed by atoms with van der Waals surface area (Å²) in [6, 6.07) is 0. The number of aliphatic carboxylic acids is 1. The summed E-state index contributed by atoms with van der Waals surface area (Å²) in [7, 11) is 0. The number of ether oxygens (including phenoxy) is 2. The zero-order chi connectivity index (χ0) is 18.7. The first-order valence-corrected chi connectivity index (χ1v) is 9.52. The lowest BCUT2D eigenvalue weighted by Gasteiger charge is -2.51. The lowest BCUT2D eigenvalue weighted by atomic mass is 9.53. The molecule has 5 nitrogen and oxygen atoms in total. The highest BCUT2D eigenvalue weighted by Gasteiger charge is 2.70. The number of carbonyl (C=O) groups excluding carboxylic acids is 1. The molecule has 1 saturated carbocycles. The van der Waals surface area contributed by atoms with Gasteiger partial charge in [-0.1, -0.05) is 27.2 Å². The number of Topliss-reactive ketones (excluding diaryl/α,β-unsaturated/α-hetero) is 1. The van der Waals surface area contributed by atoms with Crippen LogP contribution in [-0.2, 0) is 19.1 Å². The van der Waals surface area contributed by atoms with E-state index in [2.05, 4.69) is 20.8 Å². The lowest BCUT2D eigenvalue weighted by molar-refractivity contribution is -0.280. The van der Waals surface area contributed by atoms with E-state index >= 15 is 0 Å². The summed E-state index contributed by atoms with van der Waals surface area (Å²) in [5.74, 6) is -1.23. The van der Waals surface area contributed by atoms with E-state index in [9.17, 15) is 14.7 Å². The Morgan fingerprint density at radius 2 is 1.76 bits per heavy atom. The predicted molar refractivity (Wildman–Crippen MR) is 93.1 cm³/mol. The van der Waals surface area contributed by atoms with Crippen molar-refractivity contribution in [1.82, 2.24) is 0 Å². The number of hydrogen-bond acceptors (Lipinski definition) is 4. The maximum atomic E-state index is 11.9. The van der Waals surface area contributed by atoms with Crippen molar-refractivity contribution < 1.29 is 24.2 Å². The van der Waals surface area contributed by atoms with Crippen molar-refractivity contribution in [3.05, 3.63) is 0 Å². The molecule has 1 unspecified atom stereocenters. The molecule has 1 spiro atoms. The molecule has 2 heterocycles. The van der Waals surface area contributed by atoms with E-state index in [1.165, 1.54) is 0 Å². The Balaban J connectivity index is 1.98. The lowest BCUT2D eigenvalue weighted by Crippen LogP contribution is -2.52.